The molecule has 0 saturated carbocycles. The van der Waals surface area contributed by atoms with Crippen LogP contribution in [0.5, 0.6) is 11.5 Å². The number of rotatable bonds is 4. The van der Waals surface area contributed by atoms with Crippen LogP contribution >= 0.6 is 28.3 Å². The first-order valence-electron chi connectivity index (χ1n) is 5.46. The fourth-order valence-electron chi connectivity index (χ4n) is 1.79. The van der Waals surface area contributed by atoms with Crippen LogP contribution < -0.4 is 14.8 Å². The van der Waals surface area contributed by atoms with Crippen LogP contribution in [0.15, 0.2) is 22.7 Å². The minimum atomic E-state index is 0. The van der Waals surface area contributed by atoms with Gasteiger partial charge in [-0.3, -0.25) is 0 Å². The van der Waals surface area contributed by atoms with Crippen LogP contribution in [-0.4, -0.2) is 26.8 Å². The van der Waals surface area contributed by atoms with E-state index in [9.17, 15) is 0 Å². The van der Waals surface area contributed by atoms with Crippen molar-refractivity contribution in [2.75, 3.05) is 26.8 Å². The van der Waals surface area contributed by atoms with E-state index in [2.05, 4.69) is 21.2 Å². The van der Waals surface area contributed by atoms with Gasteiger partial charge < -0.3 is 14.8 Å². The fourth-order valence-corrected chi connectivity index (χ4v) is 2.26. The SMILES string of the molecule is COc1ccc(OCC2CCNC2)c(Br)c1.Cl. The molecule has 1 heterocycles. The largest absolute Gasteiger partial charge is 0.497 e. The van der Waals surface area contributed by atoms with Crippen molar-refractivity contribution in [1.29, 1.82) is 0 Å². The van der Waals surface area contributed by atoms with E-state index in [4.69, 9.17) is 9.47 Å². The quantitative estimate of drug-likeness (QED) is 0.924. The molecule has 1 saturated heterocycles. The lowest BCUT2D eigenvalue weighted by Crippen LogP contribution is -2.15. The molecule has 0 amide bonds. The van der Waals surface area contributed by atoms with E-state index in [0.29, 0.717) is 5.92 Å². The van der Waals surface area contributed by atoms with Crippen LogP contribution in [-0.2, 0) is 0 Å². The summed E-state index contributed by atoms with van der Waals surface area (Å²) in [6.45, 7) is 2.95. The molecule has 1 N–H and O–H groups in total. The number of benzene rings is 1. The highest BCUT2D eigenvalue weighted by molar-refractivity contribution is 9.10. The maximum Gasteiger partial charge on any atom is 0.133 e. The molecule has 1 atom stereocenters. The Balaban J connectivity index is 0.00000144. The number of methoxy groups -OCH3 is 1. The zero-order valence-electron chi connectivity index (χ0n) is 9.74. The summed E-state index contributed by atoms with van der Waals surface area (Å²) >= 11 is 3.48. The molecule has 1 aliphatic rings. The Bertz CT molecular complexity index is 356. The monoisotopic (exact) mass is 321 g/mol. The van der Waals surface area contributed by atoms with E-state index in [1.54, 1.807) is 7.11 Å². The van der Waals surface area contributed by atoms with Gasteiger partial charge in [0.1, 0.15) is 11.5 Å². The van der Waals surface area contributed by atoms with Crippen LogP contribution in [0.1, 0.15) is 6.42 Å². The second-order valence-electron chi connectivity index (χ2n) is 3.97. The van der Waals surface area contributed by atoms with Crippen LogP contribution in [0.4, 0.5) is 0 Å². The molecule has 0 aliphatic carbocycles. The zero-order chi connectivity index (χ0) is 11.4. The van der Waals surface area contributed by atoms with Crippen molar-refractivity contribution in [3.05, 3.63) is 22.7 Å². The number of nitrogens with one attached hydrogen (secondary N) is 1. The molecule has 3 nitrogen and oxygen atoms in total. The van der Waals surface area contributed by atoms with Gasteiger partial charge in [-0.05, 0) is 47.1 Å². The Kier molecular flexibility index (Phi) is 6.09. The molecule has 1 fully saturated rings. The summed E-state index contributed by atoms with van der Waals surface area (Å²) in [5.74, 6) is 2.35. The number of hydrogen-bond donors (Lipinski definition) is 1. The molecule has 0 radical (unpaired) electrons. The Morgan fingerprint density at radius 3 is 2.88 bits per heavy atom. The third kappa shape index (κ3) is 4.05. The van der Waals surface area contributed by atoms with E-state index in [0.717, 1.165) is 35.7 Å². The third-order valence-corrected chi connectivity index (χ3v) is 3.40. The summed E-state index contributed by atoms with van der Waals surface area (Å²) in [5, 5.41) is 3.33. The van der Waals surface area contributed by atoms with E-state index in [-0.39, 0.29) is 12.4 Å². The molecule has 1 aromatic carbocycles. The van der Waals surface area contributed by atoms with Gasteiger partial charge in [0.2, 0.25) is 0 Å². The van der Waals surface area contributed by atoms with Crippen molar-refractivity contribution in [3.63, 3.8) is 0 Å². The second kappa shape index (κ2) is 7.09. The summed E-state index contributed by atoms with van der Waals surface area (Å²) in [7, 11) is 1.66. The predicted octanol–water partition coefficient (Wildman–Crippen LogP) is 2.87. The molecule has 1 unspecified atom stereocenters. The molecule has 0 spiro atoms. The zero-order valence-corrected chi connectivity index (χ0v) is 12.1. The normalized spacial score (nSPS) is 18.6. The molecule has 17 heavy (non-hydrogen) atoms. The predicted molar refractivity (Wildman–Crippen MR) is 74.4 cm³/mol. The summed E-state index contributed by atoms with van der Waals surface area (Å²) in [6.07, 6.45) is 1.20. The first kappa shape index (κ1) is 14.6. The summed E-state index contributed by atoms with van der Waals surface area (Å²) in [4.78, 5) is 0. The minimum absolute atomic E-state index is 0. The maximum absolute atomic E-state index is 5.78. The summed E-state index contributed by atoms with van der Waals surface area (Å²) < 4.78 is 11.9. The molecule has 0 aromatic heterocycles. The Hall–Kier alpha value is -0.450. The standard InChI is InChI=1S/C12H16BrNO2.ClH/c1-15-10-2-3-12(11(13)6-10)16-8-9-4-5-14-7-9;/h2-3,6,9,14H,4-5,7-8H2,1H3;1H. The van der Waals surface area contributed by atoms with Crippen molar-refractivity contribution in [2.24, 2.45) is 5.92 Å². The Morgan fingerprint density at radius 1 is 1.47 bits per heavy atom. The highest BCUT2D eigenvalue weighted by Gasteiger charge is 2.15. The van der Waals surface area contributed by atoms with Crippen LogP contribution in [0.3, 0.4) is 0 Å². The number of ether oxygens (including phenoxy) is 2. The molecule has 0 bridgehead atoms. The van der Waals surface area contributed by atoms with Gasteiger partial charge in [0.05, 0.1) is 18.2 Å². The van der Waals surface area contributed by atoms with Gasteiger partial charge in [-0.1, -0.05) is 0 Å². The molecular formula is C12H17BrClNO2. The molecule has 1 aromatic rings. The van der Waals surface area contributed by atoms with Crippen molar-refractivity contribution in [1.82, 2.24) is 5.32 Å². The second-order valence-corrected chi connectivity index (χ2v) is 4.82. The first-order valence-corrected chi connectivity index (χ1v) is 6.26. The third-order valence-electron chi connectivity index (χ3n) is 2.78. The van der Waals surface area contributed by atoms with Crippen molar-refractivity contribution in [2.45, 2.75) is 6.42 Å². The van der Waals surface area contributed by atoms with Gasteiger partial charge in [-0.15, -0.1) is 12.4 Å². The van der Waals surface area contributed by atoms with Gasteiger partial charge in [0, 0.05) is 12.5 Å². The minimum Gasteiger partial charge on any atom is -0.497 e. The van der Waals surface area contributed by atoms with Crippen LogP contribution in [0, 0.1) is 5.92 Å². The van der Waals surface area contributed by atoms with Crippen LogP contribution in [0.25, 0.3) is 0 Å². The lowest BCUT2D eigenvalue weighted by atomic mass is 10.1. The van der Waals surface area contributed by atoms with Gasteiger partial charge >= 0.3 is 0 Å². The van der Waals surface area contributed by atoms with E-state index in [1.807, 2.05) is 18.2 Å². The highest BCUT2D eigenvalue weighted by Crippen LogP contribution is 2.29. The van der Waals surface area contributed by atoms with E-state index >= 15 is 0 Å². The molecule has 2 rings (SSSR count). The fraction of sp³-hybridized carbons (Fsp3) is 0.500. The Labute approximate surface area is 116 Å². The lowest BCUT2D eigenvalue weighted by molar-refractivity contribution is 0.258. The smallest absolute Gasteiger partial charge is 0.133 e. The maximum atomic E-state index is 5.78. The van der Waals surface area contributed by atoms with Crippen LogP contribution in [0.2, 0.25) is 0 Å². The Morgan fingerprint density at radius 2 is 2.29 bits per heavy atom. The molecule has 1 aliphatic heterocycles. The van der Waals surface area contributed by atoms with Gasteiger partial charge in [-0.25, -0.2) is 0 Å². The lowest BCUT2D eigenvalue weighted by Gasteiger charge is -2.12. The van der Waals surface area contributed by atoms with Gasteiger partial charge in [0.25, 0.3) is 0 Å². The van der Waals surface area contributed by atoms with Gasteiger partial charge in [0.15, 0.2) is 0 Å². The summed E-state index contributed by atoms with van der Waals surface area (Å²) in [5.41, 5.74) is 0. The molecule has 5 heteroatoms. The van der Waals surface area contributed by atoms with Crippen molar-refractivity contribution < 1.29 is 9.47 Å². The topological polar surface area (TPSA) is 30.5 Å². The average Bonchev–Trinajstić information content (AvgIpc) is 2.80. The number of halogens is 2. The van der Waals surface area contributed by atoms with Crippen molar-refractivity contribution >= 4 is 28.3 Å². The van der Waals surface area contributed by atoms with Crippen molar-refractivity contribution in [3.8, 4) is 11.5 Å². The number of hydrogen-bond acceptors (Lipinski definition) is 3. The molecule has 96 valence electrons. The van der Waals surface area contributed by atoms with E-state index < -0.39 is 0 Å². The highest BCUT2D eigenvalue weighted by atomic mass is 79.9. The first-order chi connectivity index (χ1) is 7.79. The molecular weight excluding hydrogens is 305 g/mol. The summed E-state index contributed by atoms with van der Waals surface area (Å²) in [6, 6.07) is 5.76. The van der Waals surface area contributed by atoms with E-state index in [1.165, 1.54) is 6.42 Å². The van der Waals surface area contributed by atoms with Gasteiger partial charge in [-0.2, -0.15) is 0 Å². The average molecular weight is 323 g/mol.